The molecule has 0 bridgehead atoms. The van der Waals surface area contributed by atoms with Crippen LogP contribution in [0.1, 0.15) is 5.69 Å². The van der Waals surface area contributed by atoms with Crippen LogP contribution in [0.5, 0.6) is 0 Å². The zero-order valence-electron chi connectivity index (χ0n) is 4.61. The average Bonchev–Trinajstić information content (AvgIpc) is 1.90. The van der Waals surface area contributed by atoms with Gasteiger partial charge in [0.15, 0.2) is 0 Å². The number of nitriles is 1. The second-order valence-corrected chi connectivity index (χ2v) is 1.33. The van der Waals surface area contributed by atoms with Crippen molar-refractivity contribution in [2.75, 3.05) is 0 Å². The van der Waals surface area contributed by atoms with E-state index in [0.29, 0.717) is 5.69 Å². The fourth-order valence-corrected chi connectivity index (χ4v) is 0.429. The Balaban J connectivity index is 0.000000640. The molecule has 0 N–H and O–H groups in total. The first-order valence-electron chi connectivity index (χ1n) is 2.24. The molecule has 0 amide bonds. The van der Waals surface area contributed by atoms with Crippen LogP contribution in [0.25, 0.3) is 0 Å². The maximum Gasteiger partial charge on any atom is 0.140 e. The van der Waals surface area contributed by atoms with Gasteiger partial charge in [0.1, 0.15) is 11.8 Å². The molecule has 1 aromatic rings. The van der Waals surface area contributed by atoms with E-state index in [-0.39, 0.29) is 12.4 Å². The number of halogens is 1. The molecule has 0 saturated heterocycles. The van der Waals surface area contributed by atoms with Crippen molar-refractivity contribution in [3.8, 4) is 6.07 Å². The highest BCUT2D eigenvalue weighted by Gasteiger charge is 1.81. The van der Waals surface area contributed by atoms with Crippen molar-refractivity contribution < 1.29 is 0 Å². The van der Waals surface area contributed by atoms with E-state index in [1.807, 2.05) is 6.07 Å². The number of hydrogen-bond donors (Lipinski definition) is 0. The number of aromatic nitrogens is 1. The van der Waals surface area contributed by atoms with Crippen LogP contribution in [-0.2, 0) is 0 Å². The Morgan fingerprint density at radius 3 is 2.56 bits per heavy atom. The van der Waals surface area contributed by atoms with E-state index in [2.05, 4.69) is 4.98 Å². The molecule has 3 heteroatoms. The Morgan fingerprint density at radius 2 is 2.22 bits per heavy atom. The van der Waals surface area contributed by atoms with Gasteiger partial charge in [-0.15, -0.1) is 12.4 Å². The van der Waals surface area contributed by atoms with Crippen molar-refractivity contribution in [3.05, 3.63) is 30.1 Å². The highest BCUT2D eigenvalue weighted by Crippen LogP contribution is 1.86. The SMILES string of the molecule is Cl.N#Cc1ccccn1. The summed E-state index contributed by atoms with van der Waals surface area (Å²) in [6.45, 7) is 0. The first kappa shape index (κ1) is 7.93. The van der Waals surface area contributed by atoms with Crippen LogP contribution < -0.4 is 0 Å². The molecular formula is C6H5ClN2. The largest absolute Gasteiger partial charge is 0.246 e. The fraction of sp³-hybridized carbons (Fsp3) is 0. The summed E-state index contributed by atoms with van der Waals surface area (Å²) < 4.78 is 0. The summed E-state index contributed by atoms with van der Waals surface area (Å²) in [5, 5.41) is 8.23. The molecule has 0 fully saturated rings. The first-order valence-corrected chi connectivity index (χ1v) is 2.24. The van der Waals surface area contributed by atoms with E-state index in [9.17, 15) is 0 Å². The van der Waals surface area contributed by atoms with Crippen LogP contribution in [0.2, 0.25) is 0 Å². The minimum absolute atomic E-state index is 0. The summed E-state index contributed by atoms with van der Waals surface area (Å²) in [6.07, 6.45) is 1.60. The number of pyridine rings is 1. The van der Waals surface area contributed by atoms with Crippen molar-refractivity contribution in [1.29, 1.82) is 5.26 Å². The third-order valence-corrected chi connectivity index (χ3v) is 0.779. The van der Waals surface area contributed by atoms with Crippen molar-refractivity contribution >= 4 is 12.4 Å². The van der Waals surface area contributed by atoms with E-state index in [1.165, 1.54) is 0 Å². The van der Waals surface area contributed by atoms with Crippen LogP contribution in [0.4, 0.5) is 0 Å². The van der Waals surface area contributed by atoms with E-state index in [0.717, 1.165) is 0 Å². The molecule has 0 aliphatic heterocycles. The molecular weight excluding hydrogens is 136 g/mol. The van der Waals surface area contributed by atoms with Gasteiger partial charge in [-0.3, -0.25) is 0 Å². The molecule has 1 heterocycles. The van der Waals surface area contributed by atoms with Gasteiger partial charge in [-0.2, -0.15) is 5.26 Å². The molecule has 0 radical (unpaired) electrons. The zero-order valence-corrected chi connectivity index (χ0v) is 5.43. The topological polar surface area (TPSA) is 36.7 Å². The maximum atomic E-state index is 8.23. The summed E-state index contributed by atoms with van der Waals surface area (Å²) in [7, 11) is 0. The van der Waals surface area contributed by atoms with Crippen molar-refractivity contribution in [2.24, 2.45) is 0 Å². The predicted molar refractivity (Wildman–Crippen MR) is 36.2 cm³/mol. The number of hydrogen-bond acceptors (Lipinski definition) is 2. The van der Waals surface area contributed by atoms with Crippen LogP contribution in [0.3, 0.4) is 0 Å². The smallest absolute Gasteiger partial charge is 0.140 e. The molecule has 9 heavy (non-hydrogen) atoms. The standard InChI is InChI=1S/C6H4N2.ClH/c7-5-6-3-1-2-4-8-6;/h1-4H;1H. The van der Waals surface area contributed by atoms with Gasteiger partial charge in [0.05, 0.1) is 0 Å². The first-order chi connectivity index (χ1) is 3.93. The normalized spacial score (nSPS) is 7.00. The number of nitrogens with zero attached hydrogens (tertiary/aromatic N) is 2. The van der Waals surface area contributed by atoms with E-state index < -0.39 is 0 Å². The molecule has 0 atom stereocenters. The van der Waals surface area contributed by atoms with Gasteiger partial charge in [0, 0.05) is 6.20 Å². The third-order valence-electron chi connectivity index (χ3n) is 0.779. The minimum Gasteiger partial charge on any atom is -0.246 e. The molecule has 0 aliphatic rings. The summed E-state index contributed by atoms with van der Waals surface area (Å²) in [4.78, 5) is 3.74. The van der Waals surface area contributed by atoms with Gasteiger partial charge in [0.2, 0.25) is 0 Å². The Morgan fingerprint density at radius 1 is 1.44 bits per heavy atom. The summed E-state index contributed by atoms with van der Waals surface area (Å²) in [5.74, 6) is 0. The quantitative estimate of drug-likeness (QED) is 0.546. The van der Waals surface area contributed by atoms with E-state index in [1.54, 1.807) is 24.4 Å². The molecule has 0 aromatic carbocycles. The molecule has 0 spiro atoms. The Hall–Kier alpha value is -1.07. The molecule has 1 rings (SSSR count). The third kappa shape index (κ3) is 2.11. The molecule has 0 unspecified atom stereocenters. The molecule has 0 aliphatic carbocycles. The molecule has 2 nitrogen and oxygen atoms in total. The Bertz CT molecular complexity index is 202. The van der Waals surface area contributed by atoms with E-state index in [4.69, 9.17) is 5.26 Å². The van der Waals surface area contributed by atoms with Crippen molar-refractivity contribution in [3.63, 3.8) is 0 Å². The van der Waals surface area contributed by atoms with Gasteiger partial charge in [-0.25, -0.2) is 4.98 Å². The monoisotopic (exact) mass is 140 g/mol. The van der Waals surface area contributed by atoms with Gasteiger partial charge < -0.3 is 0 Å². The van der Waals surface area contributed by atoms with Crippen LogP contribution in [0.15, 0.2) is 24.4 Å². The van der Waals surface area contributed by atoms with Gasteiger partial charge >= 0.3 is 0 Å². The van der Waals surface area contributed by atoms with Gasteiger partial charge in [0.25, 0.3) is 0 Å². The van der Waals surface area contributed by atoms with E-state index >= 15 is 0 Å². The minimum atomic E-state index is 0. The number of rotatable bonds is 0. The predicted octanol–water partition coefficient (Wildman–Crippen LogP) is 1.38. The second kappa shape index (κ2) is 3.88. The van der Waals surface area contributed by atoms with Crippen molar-refractivity contribution in [1.82, 2.24) is 4.98 Å². The lowest BCUT2D eigenvalue weighted by Gasteiger charge is -1.79. The zero-order chi connectivity index (χ0) is 5.82. The van der Waals surface area contributed by atoms with Gasteiger partial charge in [-0.1, -0.05) is 6.07 Å². The highest BCUT2D eigenvalue weighted by atomic mass is 35.5. The lowest BCUT2D eigenvalue weighted by molar-refractivity contribution is 1.26. The molecule has 46 valence electrons. The Labute approximate surface area is 59.6 Å². The second-order valence-electron chi connectivity index (χ2n) is 1.33. The molecule has 0 saturated carbocycles. The summed E-state index contributed by atoms with van der Waals surface area (Å²) in [6, 6.07) is 7.14. The van der Waals surface area contributed by atoms with Crippen LogP contribution in [-0.4, -0.2) is 4.98 Å². The lowest BCUT2D eigenvalue weighted by Crippen LogP contribution is -1.75. The maximum absolute atomic E-state index is 8.23. The van der Waals surface area contributed by atoms with Crippen LogP contribution in [0, 0.1) is 11.3 Å². The lowest BCUT2D eigenvalue weighted by atomic mass is 10.4. The summed E-state index contributed by atoms with van der Waals surface area (Å²) in [5.41, 5.74) is 0.465. The van der Waals surface area contributed by atoms with Crippen molar-refractivity contribution in [2.45, 2.75) is 0 Å². The van der Waals surface area contributed by atoms with Crippen LogP contribution >= 0.6 is 12.4 Å². The highest BCUT2D eigenvalue weighted by molar-refractivity contribution is 5.85. The molecule has 1 aromatic heterocycles. The Kier molecular flexibility index (Phi) is 3.41. The fourth-order valence-electron chi connectivity index (χ4n) is 0.429. The van der Waals surface area contributed by atoms with Gasteiger partial charge in [-0.05, 0) is 12.1 Å². The summed E-state index contributed by atoms with van der Waals surface area (Å²) >= 11 is 0. The average molecular weight is 141 g/mol.